The standard InChI is InChI=1S/C14H21N3O4/c1-14(2,3)21-13(20)16-7-4-10(5-8-16)17-9-6-11(15-17)12(18)19/h6,9-10H,4-5,7-8H2,1-3H3,(H,18,19). The van der Waals surface area contributed by atoms with Crippen LogP contribution in [0.25, 0.3) is 0 Å². The number of hydrogen-bond donors (Lipinski definition) is 1. The van der Waals surface area contributed by atoms with Crippen LogP contribution in [-0.2, 0) is 4.74 Å². The molecule has 1 saturated heterocycles. The Hall–Kier alpha value is -2.05. The topological polar surface area (TPSA) is 84.7 Å². The van der Waals surface area contributed by atoms with E-state index in [4.69, 9.17) is 9.84 Å². The van der Waals surface area contributed by atoms with Gasteiger partial charge in [0, 0.05) is 19.3 Å². The molecule has 1 aromatic rings. The molecule has 1 aliphatic rings. The zero-order valence-electron chi connectivity index (χ0n) is 12.6. The highest BCUT2D eigenvalue weighted by Gasteiger charge is 2.28. The van der Waals surface area contributed by atoms with Crippen molar-refractivity contribution >= 4 is 12.1 Å². The van der Waals surface area contributed by atoms with E-state index in [1.165, 1.54) is 6.07 Å². The number of aromatic carboxylic acids is 1. The number of rotatable bonds is 2. The zero-order chi connectivity index (χ0) is 15.6. The predicted octanol–water partition coefficient (Wildman–Crippen LogP) is 2.15. The van der Waals surface area contributed by atoms with Crippen LogP contribution in [0.5, 0.6) is 0 Å². The summed E-state index contributed by atoms with van der Waals surface area (Å²) in [5, 5.41) is 12.9. The van der Waals surface area contributed by atoms with Crippen LogP contribution in [0.15, 0.2) is 12.3 Å². The van der Waals surface area contributed by atoms with Gasteiger partial charge in [-0.3, -0.25) is 4.68 Å². The third kappa shape index (κ3) is 3.96. The minimum absolute atomic E-state index is 0.0459. The zero-order valence-corrected chi connectivity index (χ0v) is 12.6. The Labute approximate surface area is 123 Å². The number of carboxylic acid groups (broad SMARTS) is 1. The summed E-state index contributed by atoms with van der Waals surface area (Å²) in [5.41, 5.74) is -0.448. The van der Waals surface area contributed by atoms with Gasteiger partial charge in [0.1, 0.15) is 5.60 Å². The Morgan fingerprint density at radius 1 is 1.33 bits per heavy atom. The second kappa shape index (κ2) is 5.75. The molecule has 0 radical (unpaired) electrons. The SMILES string of the molecule is CC(C)(C)OC(=O)N1CCC(n2ccc(C(=O)O)n2)CC1. The van der Waals surface area contributed by atoms with Crippen molar-refractivity contribution in [3.8, 4) is 0 Å². The highest BCUT2D eigenvalue weighted by molar-refractivity contribution is 5.85. The van der Waals surface area contributed by atoms with Crippen LogP contribution in [0, 0.1) is 0 Å². The van der Waals surface area contributed by atoms with Gasteiger partial charge < -0.3 is 14.7 Å². The lowest BCUT2D eigenvalue weighted by atomic mass is 10.1. The Balaban J connectivity index is 1.90. The van der Waals surface area contributed by atoms with Gasteiger partial charge in [-0.25, -0.2) is 9.59 Å². The number of carboxylic acids is 1. The maximum Gasteiger partial charge on any atom is 0.410 e. The quantitative estimate of drug-likeness (QED) is 0.903. The second-order valence-electron chi connectivity index (χ2n) is 6.18. The van der Waals surface area contributed by atoms with Crippen molar-refractivity contribution in [2.75, 3.05) is 13.1 Å². The van der Waals surface area contributed by atoms with Gasteiger partial charge in [0.05, 0.1) is 6.04 Å². The highest BCUT2D eigenvalue weighted by atomic mass is 16.6. The maximum absolute atomic E-state index is 12.0. The molecule has 2 heterocycles. The van der Waals surface area contributed by atoms with Gasteiger partial charge in [-0.05, 0) is 39.7 Å². The van der Waals surface area contributed by atoms with Gasteiger partial charge in [-0.15, -0.1) is 0 Å². The Bertz CT molecular complexity index is 525. The number of nitrogens with zero attached hydrogens (tertiary/aromatic N) is 3. The molecule has 1 N–H and O–H groups in total. The lowest BCUT2D eigenvalue weighted by Crippen LogP contribution is -2.42. The van der Waals surface area contributed by atoms with Gasteiger partial charge in [-0.1, -0.05) is 0 Å². The van der Waals surface area contributed by atoms with Crippen molar-refractivity contribution < 1.29 is 19.4 Å². The van der Waals surface area contributed by atoms with Gasteiger partial charge in [-0.2, -0.15) is 5.10 Å². The Kier molecular flexibility index (Phi) is 4.20. The first-order chi connectivity index (χ1) is 9.76. The first-order valence-electron chi connectivity index (χ1n) is 7.02. The van der Waals surface area contributed by atoms with E-state index < -0.39 is 11.6 Å². The average molecular weight is 295 g/mol. The van der Waals surface area contributed by atoms with Crippen molar-refractivity contribution in [1.29, 1.82) is 0 Å². The molecule has 116 valence electrons. The van der Waals surface area contributed by atoms with Crippen molar-refractivity contribution in [2.24, 2.45) is 0 Å². The molecule has 1 fully saturated rings. The number of hydrogen-bond acceptors (Lipinski definition) is 4. The first-order valence-corrected chi connectivity index (χ1v) is 7.02. The molecule has 0 aliphatic carbocycles. The van der Waals surface area contributed by atoms with Crippen LogP contribution >= 0.6 is 0 Å². The monoisotopic (exact) mass is 295 g/mol. The van der Waals surface area contributed by atoms with E-state index in [9.17, 15) is 9.59 Å². The third-order valence-electron chi connectivity index (χ3n) is 3.32. The first kappa shape index (κ1) is 15.3. The lowest BCUT2D eigenvalue weighted by Gasteiger charge is -2.33. The molecule has 2 rings (SSSR count). The van der Waals surface area contributed by atoms with Crippen LogP contribution in [0.2, 0.25) is 0 Å². The molecule has 0 atom stereocenters. The second-order valence-corrected chi connectivity index (χ2v) is 6.18. The molecule has 7 nitrogen and oxygen atoms in total. The number of likely N-dealkylation sites (tertiary alicyclic amines) is 1. The van der Waals surface area contributed by atoms with E-state index in [1.807, 2.05) is 20.8 Å². The molecule has 0 spiro atoms. The predicted molar refractivity (Wildman–Crippen MR) is 75.3 cm³/mol. The van der Waals surface area contributed by atoms with Gasteiger partial charge in [0.25, 0.3) is 0 Å². The molecule has 0 bridgehead atoms. The number of carbonyl (C=O) groups excluding carboxylic acids is 1. The Morgan fingerprint density at radius 2 is 1.95 bits per heavy atom. The van der Waals surface area contributed by atoms with E-state index >= 15 is 0 Å². The normalized spacial score (nSPS) is 16.8. The molecule has 0 unspecified atom stereocenters. The van der Waals surface area contributed by atoms with Crippen LogP contribution in [0.4, 0.5) is 4.79 Å². The smallest absolute Gasteiger partial charge is 0.410 e. The summed E-state index contributed by atoms with van der Waals surface area (Å²) in [6, 6.07) is 1.61. The van der Waals surface area contributed by atoms with Crippen LogP contribution in [-0.4, -0.2) is 50.5 Å². The van der Waals surface area contributed by atoms with Crippen LogP contribution < -0.4 is 0 Å². The number of ether oxygens (including phenoxy) is 1. The molecule has 1 amide bonds. The lowest BCUT2D eigenvalue weighted by molar-refractivity contribution is 0.0185. The van der Waals surface area contributed by atoms with Gasteiger partial charge in [0.15, 0.2) is 5.69 Å². The average Bonchev–Trinajstić information content (AvgIpc) is 2.86. The summed E-state index contributed by atoms with van der Waals surface area (Å²) in [6.45, 7) is 6.70. The van der Waals surface area contributed by atoms with E-state index in [2.05, 4.69) is 5.10 Å². The minimum atomic E-state index is -1.03. The molecule has 21 heavy (non-hydrogen) atoms. The number of aromatic nitrogens is 2. The number of amides is 1. The summed E-state index contributed by atoms with van der Waals surface area (Å²) in [6.07, 6.45) is 2.85. The largest absolute Gasteiger partial charge is 0.476 e. The summed E-state index contributed by atoms with van der Waals surface area (Å²) in [7, 11) is 0. The third-order valence-corrected chi connectivity index (χ3v) is 3.32. The summed E-state index contributed by atoms with van der Waals surface area (Å²) < 4.78 is 7.02. The molecular weight excluding hydrogens is 274 g/mol. The van der Waals surface area contributed by atoms with Crippen molar-refractivity contribution in [1.82, 2.24) is 14.7 Å². The molecule has 1 aromatic heterocycles. The van der Waals surface area contributed by atoms with E-state index in [-0.39, 0.29) is 17.8 Å². The molecular formula is C14H21N3O4. The maximum atomic E-state index is 12.0. The van der Waals surface area contributed by atoms with Crippen molar-refractivity contribution in [2.45, 2.75) is 45.3 Å². The molecule has 0 aromatic carbocycles. The fourth-order valence-electron chi connectivity index (χ4n) is 2.29. The molecule has 1 aliphatic heterocycles. The van der Waals surface area contributed by atoms with E-state index in [1.54, 1.807) is 15.8 Å². The van der Waals surface area contributed by atoms with Crippen molar-refractivity contribution in [3.63, 3.8) is 0 Å². The number of piperidine rings is 1. The minimum Gasteiger partial charge on any atom is -0.476 e. The van der Waals surface area contributed by atoms with E-state index in [0.29, 0.717) is 13.1 Å². The number of carbonyl (C=O) groups is 2. The van der Waals surface area contributed by atoms with Gasteiger partial charge in [0.2, 0.25) is 0 Å². The fourth-order valence-corrected chi connectivity index (χ4v) is 2.29. The molecule has 7 heteroatoms. The summed E-state index contributed by atoms with van der Waals surface area (Å²) >= 11 is 0. The van der Waals surface area contributed by atoms with Crippen LogP contribution in [0.1, 0.15) is 50.1 Å². The summed E-state index contributed by atoms with van der Waals surface area (Å²) in [5.74, 6) is -1.03. The van der Waals surface area contributed by atoms with Crippen molar-refractivity contribution in [3.05, 3.63) is 18.0 Å². The van der Waals surface area contributed by atoms with E-state index in [0.717, 1.165) is 12.8 Å². The fraction of sp³-hybridized carbons (Fsp3) is 0.643. The van der Waals surface area contributed by atoms with Gasteiger partial charge >= 0.3 is 12.1 Å². The summed E-state index contributed by atoms with van der Waals surface area (Å²) in [4.78, 5) is 24.5. The Morgan fingerprint density at radius 3 is 2.43 bits per heavy atom. The van der Waals surface area contributed by atoms with Crippen LogP contribution in [0.3, 0.4) is 0 Å². The molecule has 0 saturated carbocycles. The highest BCUT2D eigenvalue weighted by Crippen LogP contribution is 2.23.